The SMILES string of the molecule is CN(C)CCCCNc1cc(C#N)ccc1N. The van der Waals surface area contributed by atoms with E-state index in [2.05, 4.69) is 30.4 Å². The van der Waals surface area contributed by atoms with Crippen molar-refractivity contribution in [1.29, 1.82) is 5.26 Å². The van der Waals surface area contributed by atoms with E-state index in [4.69, 9.17) is 11.0 Å². The number of nitrogen functional groups attached to an aromatic ring is 1. The summed E-state index contributed by atoms with van der Waals surface area (Å²) in [7, 11) is 4.14. The normalized spacial score (nSPS) is 10.2. The van der Waals surface area contributed by atoms with Crippen LogP contribution < -0.4 is 11.1 Å². The molecule has 1 aromatic rings. The third kappa shape index (κ3) is 4.75. The van der Waals surface area contributed by atoms with Crippen molar-refractivity contribution in [2.75, 3.05) is 38.2 Å². The smallest absolute Gasteiger partial charge is 0.0992 e. The molecule has 0 aromatic heterocycles. The summed E-state index contributed by atoms with van der Waals surface area (Å²) in [6.45, 7) is 1.97. The first-order chi connectivity index (χ1) is 8.13. The lowest BCUT2D eigenvalue weighted by molar-refractivity contribution is 0.396. The molecular formula is C13H20N4. The highest BCUT2D eigenvalue weighted by Crippen LogP contribution is 2.19. The van der Waals surface area contributed by atoms with Crippen LogP contribution in [0.4, 0.5) is 11.4 Å². The Morgan fingerprint density at radius 1 is 1.35 bits per heavy atom. The first-order valence-electron chi connectivity index (χ1n) is 5.81. The van der Waals surface area contributed by atoms with Crippen LogP contribution in [0.3, 0.4) is 0 Å². The van der Waals surface area contributed by atoms with E-state index in [9.17, 15) is 0 Å². The van der Waals surface area contributed by atoms with E-state index in [1.165, 1.54) is 0 Å². The Bertz CT molecular complexity index is 393. The Morgan fingerprint density at radius 2 is 2.12 bits per heavy atom. The first kappa shape index (κ1) is 13.3. The molecule has 0 saturated heterocycles. The number of nitriles is 1. The van der Waals surface area contributed by atoms with E-state index < -0.39 is 0 Å². The molecule has 0 heterocycles. The van der Waals surface area contributed by atoms with Gasteiger partial charge in [0.05, 0.1) is 23.0 Å². The van der Waals surface area contributed by atoms with Gasteiger partial charge in [-0.3, -0.25) is 0 Å². The fraction of sp³-hybridized carbons (Fsp3) is 0.462. The van der Waals surface area contributed by atoms with Gasteiger partial charge in [-0.15, -0.1) is 0 Å². The van der Waals surface area contributed by atoms with E-state index in [0.29, 0.717) is 11.3 Å². The molecule has 92 valence electrons. The Balaban J connectivity index is 2.39. The third-order valence-corrected chi connectivity index (χ3v) is 2.53. The van der Waals surface area contributed by atoms with Crippen molar-refractivity contribution < 1.29 is 0 Å². The van der Waals surface area contributed by atoms with Crippen molar-refractivity contribution >= 4 is 11.4 Å². The predicted octanol–water partition coefficient (Wildman–Crippen LogP) is 1.89. The molecule has 0 amide bonds. The highest BCUT2D eigenvalue weighted by Gasteiger charge is 2.00. The topological polar surface area (TPSA) is 65.1 Å². The fourth-order valence-electron chi connectivity index (χ4n) is 1.56. The van der Waals surface area contributed by atoms with Crippen molar-refractivity contribution in [3.8, 4) is 6.07 Å². The summed E-state index contributed by atoms with van der Waals surface area (Å²) in [4.78, 5) is 2.17. The Hall–Kier alpha value is -1.73. The van der Waals surface area contributed by atoms with Gasteiger partial charge in [0.1, 0.15) is 0 Å². The lowest BCUT2D eigenvalue weighted by Crippen LogP contribution is -2.14. The molecule has 4 heteroatoms. The molecule has 0 spiro atoms. The van der Waals surface area contributed by atoms with Crippen molar-refractivity contribution in [3.05, 3.63) is 23.8 Å². The zero-order valence-electron chi connectivity index (χ0n) is 10.5. The molecule has 0 aliphatic rings. The average molecular weight is 232 g/mol. The average Bonchev–Trinajstić information content (AvgIpc) is 2.30. The van der Waals surface area contributed by atoms with Gasteiger partial charge in [-0.2, -0.15) is 5.26 Å². The minimum Gasteiger partial charge on any atom is -0.397 e. The molecule has 0 aliphatic carbocycles. The molecule has 0 aliphatic heterocycles. The molecule has 3 N–H and O–H groups in total. The number of anilines is 2. The first-order valence-corrected chi connectivity index (χ1v) is 5.81. The number of nitrogens with one attached hydrogen (secondary N) is 1. The summed E-state index contributed by atoms with van der Waals surface area (Å²) in [5.74, 6) is 0. The summed E-state index contributed by atoms with van der Waals surface area (Å²) in [6.07, 6.45) is 2.24. The maximum Gasteiger partial charge on any atom is 0.0992 e. The van der Waals surface area contributed by atoms with Crippen molar-refractivity contribution in [2.45, 2.75) is 12.8 Å². The van der Waals surface area contributed by atoms with Crippen LogP contribution in [0.2, 0.25) is 0 Å². The molecule has 0 unspecified atom stereocenters. The molecular weight excluding hydrogens is 212 g/mol. The molecule has 0 fully saturated rings. The number of hydrogen-bond donors (Lipinski definition) is 2. The number of benzene rings is 1. The Kier molecular flexibility index (Phi) is 5.31. The molecule has 0 bridgehead atoms. The standard InChI is InChI=1S/C13H20N4/c1-17(2)8-4-3-7-16-13-9-11(10-14)5-6-12(13)15/h5-6,9,16H,3-4,7-8,15H2,1-2H3. The van der Waals surface area contributed by atoms with Gasteiger partial charge < -0.3 is 16.0 Å². The van der Waals surface area contributed by atoms with E-state index >= 15 is 0 Å². The summed E-state index contributed by atoms with van der Waals surface area (Å²) < 4.78 is 0. The van der Waals surface area contributed by atoms with Crippen LogP contribution in [-0.2, 0) is 0 Å². The summed E-state index contributed by atoms with van der Waals surface area (Å²) in [5.41, 5.74) is 8.01. The van der Waals surface area contributed by atoms with Gasteiger partial charge in [-0.05, 0) is 51.7 Å². The lowest BCUT2D eigenvalue weighted by atomic mass is 10.2. The van der Waals surface area contributed by atoms with Crippen LogP contribution in [0.1, 0.15) is 18.4 Å². The van der Waals surface area contributed by atoms with E-state index in [-0.39, 0.29) is 0 Å². The van der Waals surface area contributed by atoms with Gasteiger partial charge in [-0.25, -0.2) is 0 Å². The van der Waals surface area contributed by atoms with Crippen LogP contribution in [-0.4, -0.2) is 32.1 Å². The molecule has 1 aromatic carbocycles. The molecule has 0 radical (unpaired) electrons. The lowest BCUT2D eigenvalue weighted by Gasteiger charge is -2.11. The van der Waals surface area contributed by atoms with Gasteiger partial charge in [0.2, 0.25) is 0 Å². The van der Waals surface area contributed by atoms with Crippen molar-refractivity contribution in [3.63, 3.8) is 0 Å². The summed E-state index contributed by atoms with van der Waals surface area (Å²) >= 11 is 0. The van der Waals surface area contributed by atoms with Crippen molar-refractivity contribution in [2.24, 2.45) is 0 Å². The molecule has 0 atom stereocenters. The number of rotatable bonds is 6. The minimum atomic E-state index is 0.634. The monoisotopic (exact) mass is 232 g/mol. The third-order valence-electron chi connectivity index (χ3n) is 2.53. The number of nitrogens with zero attached hydrogens (tertiary/aromatic N) is 2. The van der Waals surface area contributed by atoms with E-state index in [0.717, 1.165) is 31.6 Å². The van der Waals surface area contributed by atoms with Gasteiger partial charge in [0.15, 0.2) is 0 Å². The van der Waals surface area contributed by atoms with Crippen LogP contribution in [0.25, 0.3) is 0 Å². The maximum absolute atomic E-state index is 8.80. The Labute approximate surface area is 103 Å². The zero-order valence-corrected chi connectivity index (χ0v) is 10.5. The largest absolute Gasteiger partial charge is 0.397 e. The van der Waals surface area contributed by atoms with Crippen molar-refractivity contribution in [1.82, 2.24) is 4.90 Å². The van der Waals surface area contributed by atoms with E-state index in [1.807, 2.05) is 0 Å². The highest BCUT2D eigenvalue weighted by atomic mass is 15.0. The number of unbranched alkanes of at least 4 members (excludes halogenated alkanes) is 1. The Morgan fingerprint density at radius 3 is 2.76 bits per heavy atom. The minimum absolute atomic E-state index is 0.634. The summed E-state index contributed by atoms with van der Waals surface area (Å²) in [6, 6.07) is 7.40. The zero-order chi connectivity index (χ0) is 12.7. The fourth-order valence-corrected chi connectivity index (χ4v) is 1.56. The second-order valence-electron chi connectivity index (χ2n) is 4.35. The second kappa shape index (κ2) is 6.77. The van der Waals surface area contributed by atoms with Crippen LogP contribution in [0.15, 0.2) is 18.2 Å². The number of hydrogen-bond acceptors (Lipinski definition) is 4. The van der Waals surface area contributed by atoms with Crippen LogP contribution in [0, 0.1) is 11.3 Å². The summed E-state index contributed by atoms with van der Waals surface area (Å²) in [5, 5.41) is 12.1. The van der Waals surface area contributed by atoms with Gasteiger partial charge >= 0.3 is 0 Å². The van der Waals surface area contributed by atoms with E-state index in [1.54, 1.807) is 18.2 Å². The molecule has 0 saturated carbocycles. The predicted molar refractivity (Wildman–Crippen MR) is 71.8 cm³/mol. The quantitative estimate of drug-likeness (QED) is 0.580. The maximum atomic E-state index is 8.80. The molecule has 17 heavy (non-hydrogen) atoms. The molecule has 1 rings (SSSR count). The van der Waals surface area contributed by atoms with Gasteiger partial charge in [0.25, 0.3) is 0 Å². The van der Waals surface area contributed by atoms with Crippen LogP contribution >= 0.6 is 0 Å². The van der Waals surface area contributed by atoms with Crippen LogP contribution in [0.5, 0.6) is 0 Å². The number of nitrogens with two attached hydrogens (primary N) is 1. The van der Waals surface area contributed by atoms with Gasteiger partial charge in [-0.1, -0.05) is 0 Å². The second-order valence-corrected chi connectivity index (χ2v) is 4.35. The molecule has 4 nitrogen and oxygen atoms in total. The van der Waals surface area contributed by atoms with Gasteiger partial charge in [0, 0.05) is 6.54 Å². The highest BCUT2D eigenvalue weighted by molar-refractivity contribution is 5.68.